The first-order valence-corrected chi connectivity index (χ1v) is 8.89. The molecule has 0 radical (unpaired) electrons. The van der Waals surface area contributed by atoms with Gasteiger partial charge in [0, 0.05) is 24.7 Å². The van der Waals surface area contributed by atoms with Crippen molar-refractivity contribution < 1.29 is 4.79 Å². The highest BCUT2D eigenvalue weighted by molar-refractivity contribution is 5.81. The number of carbonyl (C=O) groups excluding carboxylic acids is 1. The van der Waals surface area contributed by atoms with E-state index in [-0.39, 0.29) is 0 Å². The van der Waals surface area contributed by atoms with Crippen LogP contribution in [0, 0.1) is 11.8 Å². The molecule has 4 unspecified atom stereocenters. The van der Waals surface area contributed by atoms with Crippen LogP contribution in [0.15, 0.2) is 0 Å². The number of amides is 1. The molecule has 3 aliphatic heterocycles. The Labute approximate surface area is 122 Å². The van der Waals surface area contributed by atoms with Crippen molar-refractivity contribution in [1.82, 2.24) is 10.2 Å². The number of likely N-dealkylation sites (tertiary alicyclic amines) is 1. The van der Waals surface area contributed by atoms with Crippen molar-refractivity contribution in [2.75, 3.05) is 6.54 Å². The van der Waals surface area contributed by atoms with Crippen LogP contribution >= 0.6 is 0 Å². The summed E-state index contributed by atoms with van der Waals surface area (Å²) in [4.78, 5) is 15.3. The van der Waals surface area contributed by atoms with E-state index in [2.05, 4.69) is 10.2 Å². The SMILES string of the molecule is O=C(C1CC2CCC1N2)N1CCCC1C1CCCCC1. The van der Waals surface area contributed by atoms with Gasteiger partial charge >= 0.3 is 0 Å². The molecule has 1 saturated carbocycles. The van der Waals surface area contributed by atoms with Gasteiger partial charge in [-0.05, 0) is 50.9 Å². The van der Waals surface area contributed by atoms with Crippen LogP contribution in [0.1, 0.15) is 64.2 Å². The second-order valence-corrected chi connectivity index (χ2v) is 7.53. The van der Waals surface area contributed by atoms with E-state index in [0.717, 1.165) is 18.9 Å². The van der Waals surface area contributed by atoms with Gasteiger partial charge in [-0.2, -0.15) is 0 Å². The monoisotopic (exact) mass is 276 g/mol. The third kappa shape index (κ3) is 2.18. The lowest BCUT2D eigenvalue weighted by atomic mass is 9.82. The van der Waals surface area contributed by atoms with Crippen LogP contribution in [0.25, 0.3) is 0 Å². The van der Waals surface area contributed by atoms with Gasteiger partial charge in [-0.15, -0.1) is 0 Å². The smallest absolute Gasteiger partial charge is 0.227 e. The average molecular weight is 276 g/mol. The number of fused-ring (bicyclic) bond motifs is 2. The van der Waals surface area contributed by atoms with Gasteiger partial charge in [-0.3, -0.25) is 4.79 Å². The van der Waals surface area contributed by atoms with Crippen LogP contribution in [-0.4, -0.2) is 35.5 Å². The lowest BCUT2D eigenvalue weighted by molar-refractivity contribution is -0.138. The molecule has 1 aliphatic carbocycles. The zero-order valence-corrected chi connectivity index (χ0v) is 12.5. The molecule has 4 fully saturated rings. The molecule has 3 saturated heterocycles. The van der Waals surface area contributed by atoms with Crippen LogP contribution in [-0.2, 0) is 4.79 Å². The van der Waals surface area contributed by atoms with Gasteiger partial charge in [0.1, 0.15) is 0 Å². The predicted octanol–water partition coefficient (Wildman–Crippen LogP) is 2.70. The summed E-state index contributed by atoms with van der Waals surface area (Å²) in [6, 6.07) is 1.73. The Kier molecular flexibility index (Phi) is 3.49. The van der Waals surface area contributed by atoms with E-state index >= 15 is 0 Å². The fourth-order valence-electron chi connectivity index (χ4n) is 5.39. The maximum Gasteiger partial charge on any atom is 0.227 e. The lowest BCUT2D eigenvalue weighted by Gasteiger charge is -2.36. The van der Waals surface area contributed by atoms with Gasteiger partial charge < -0.3 is 10.2 Å². The van der Waals surface area contributed by atoms with Crippen LogP contribution in [0.2, 0.25) is 0 Å². The van der Waals surface area contributed by atoms with Crippen molar-refractivity contribution in [3.8, 4) is 0 Å². The minimum atomic E-state index is 0.304. The molecule has 3 heterocycles. The Morgan fingerprint density at radius 3 is 2.50 bits per heavy atom. The Hall–Kier alpha value is -0.570. The molecule has 112 valence electrons. The molecule has 3 heteroatoms. The molecule has 2 bridgehead atoms. The van der Waals surface area contributed by atoms with Crippen molar-refractivity contribution in [3.05, 3.63) is 0 Å². The number of carbonyl (C=O) groups is 1. The zero-order chi connectivity index (χ0) is 13.5. The summed E-state index contributed by atoms with van der Waals surface area (Å²) in [5, 5.41) is 3.63. The maximum absolute atomic E-state index is 13.0. The van der Waals surface area contributed by atoms with Crippen molar-refractivity contribution in [2.24, 2.45) is 11.8 Å². The van der Waals surface area contributed by atoms with E-state index in [0.29, 0.717) is 30.0 Å². The first-order chi connectivity index (χ1) is 9.83. The molecule has 4 atom stereocenters. The quantitative estimate of drug-likeness (QED) is 0.841. The molecule has 1 amide bonds. The molecule has 0 aromatic carbocycles. The molecule has 4 aliphatic rings. The van der Waals surface area contributed by atoms with E-state index in [4.69, 9.17) is 0 Å². The van der Waals surface area contributed by atoms with E-state index in [1.165, 1.54) is 57.8 Å². The molecular weight excluding hydrogens is 248 g/mol. The minimum absolute atomic E-state index is 0.304. The summed E-state index contributed by atoms with van der Waals surface area (Å²) in [6.07, 6.45) is 13.0. The Morgan fingerprint density at radius 1 is 0.950 bits per heavy atom. The third-order valence-electron chi connectivity index (χ3n) is 6.39. The van der Waals surface area contributed by atoms with Gasteiger partial charge in [0.2, 0.25) is 5.91 Å². The Morgan fingerprint density at radius 2 is 1.80 bits per heavy atom. The molecule has 20 heavy (non-hydrogen) atoms. The number of nitrogens with zero attached hydrogens (tertiary/aromatic N) is 1. The van der Waals surface area contributed by atoms with E-state index in [9.17, 15) is 4.79 Å². The van der Waals surface area contributed by atoms with Gasteiger partial charge in [-0.1, -0.05) is 19.3 Å². The summed E-state index contributed by atoms with van der Waals surface area (Å²) in [7, 11) is 0. The van der Waals surface area contributed by atoms with E-state index < -0.39 is 0 Å². The maximum atomic E-state index is 13.0. The van der Waals surface area contributed by atoms with E-state index in [1.807, 2.05) is 0 Å². The van der Waals surface area contributed by atoms with Crippen LogP contribution in [0.4, 0.5) is 0 Å². The van der Waals surface area contributed by atoms with Gasteiger partial charge in [0.15, 0.2) is 0 Å². The number of hydrogen-bond donors (Lipinski definition) is 1. The fraction of sp³-hybridized carbons (Fsp3) is 0.941. The number of hydrogen-bond acceptors (Lipinski definition) is 2. The van der Waals surface area contributed by atoms with E-state index in [1.54, 1.807) is 0 Å². The standard InChI is InChI=1S/C17H28N2O/c20-17(14-11-13-8-9-15(14)18-13)19-10-4-7-16(19)12-5-2-1-3-6-12/h12-16,18H,1-11H2. The third-order valence-corrected chi connectivity index (χ3v) is 6.39. The van der Waals surface area contributed by atoms with Crippen LogP contribution in [0.5, 0.6) is 0 Å². The van der Waals surface area contributed by atoms with Gasteiger partial charge in [0.25, 0.3) is 0 Å². The summed E-state index contributed by atoms with van der Waals surface area (Å²) in [5.41, 5.74) is 0. The van der Waals surface area contributed by atoms with Crippen molar-refractivity contribution >= 4 is 5.91 Å². The number of rotatable bonds is 2. The molecule has 0 spiro atoms. The average Bonchev–Trinajstić information content (AvgIpc) is 3.23. The van der Waals surface area contributed by atoms with Gasteiger partial charge in [-0.25, -0.2) is 0 Å². The second-order valence-electron chi connectivity index (χ2n) is 7.53. The molecule has 3 nitrogen and oxygen atoms in total. The largest absolute Gasteiger partial charge is 0.339 e. The highest BCUT2D eigenvalue weighted by Gasteiger charge is 2.46. The molecule has 1 N–H and O–H groups in total. The second kappa shape index (κ2) is 5.32. The first-order valence-electron chi connectivity index (χ1n) is 8.89. The summed E-state index contributed by atoms with van der Waals surface area (Å²) >= 11 is 0. The fourth-order valence-corrected chi connectivity index (χ4v) is 5.39. The molecule has 0 aromatic rings. The highest BCUT2D eigenvalue weighted by Crippen LogP contribution is 2.39. The zero-order valence-electron chi connectivity index (χ0n) is 12.5. The highest BCUT2D eigenvalue weighted by atomic mass is 16.2. The summed E-state index contributed by atoms with van der Waals surface area (Å²) in [5.74, 6) is 1.61. The topological polar surface area (TPSA) is 32.3 Å². The minimum Gasteiger partial charge on any atom is -0.339 e. The first kappa shape index (κ1) is 13.1. The van der Waals surface area contributed by atoms with Crippen LogP contribution < -0.4 is 5.32 Å². The Balaban J connectivity index is 1.44. The van der Waals surface area contributed by atoms with Crippen molar-refractivity contribution in [1.29, 1.82) is 0 Å². The Bertz CT molecular complexity index is 377. The molecule has 0 aromatic heterocycles. The lowest BCUT2D eigenvalue weighted by Crippen LogP contribution is -2.46. The van der Waals surface area contributed by atoms with Crippen LogP contribution in [0.3, 0.4) is 0 Å². The molecular formula is C17H28N2O. The molecule has 4 rings (SSSR count). The van der Waals surface area contributed by atoms with Crippen molar-refractivity contribution in [2.45, 2.75) is 82.3 Å². The summed E-state index contributed by atoms with van der Waals surface area (Å²) in [6.45, 7) is 1.04. The van der Waals surface area contributed by atoms with Crippen molar-refractivity contribution in [3.63, 3.8) is 0 Å². The summed E-state index contributed by atoms with van der Waals surface area (Å²) < 4.78 is 0. The predicted molar refractivity (Wildman–Crippen MR) is 79.4 cm³/mol. The normalized spacial score (nSPS) is 41.5. The van der Waals surface area contributed by atoms with Gasteiger partial charge in [0.05, 0.1) is 5.92 Å². The number of nitrogens with one attached hydrogen (secondary N) is 1.